The Balaban J connectivity index is 2.49. The van der Waals surface area contributed by atoms with Crippen LogP contribution in [0.2, 0.25) is 0 Å². The zero-order valence-corrected chi connectivity index (χ0v) is 24.5. The lowest BCUT2D eigenvalue weighted by atomic mass is 10.00. The molecular formula is C28H38F5N4O5+. The summed E-state index contributed by atoms with van der Waals surface area (Å²) in [5.41, 5.74) is -0.188. The number of allylic oxidation sites excluding steroid dienone is 2. The molecule has 9 nitrogen and oxygen atoms in total. The van der Waals surface area contributed by atoms with Gasteiger partial charge in [-0.2, -0.15) is 26.4 Å². The topological polar surface area (TPSA) is 114 Å². The first-order valence-electron chi connectivity index (χ1n) is 13.7. The monoisotopic (exact) mass is 605 g/mol. The number of aryl methyl sites for hydroxylation is 1. The number of imide groups is 1. The Labute approximate surface area is 241 Å². The van der Waals surface area contributed by atoms with Gasteiger partial charge in [0.25, 0.3) is 0 Å². The first kappa shape index (κ1) is 34.8. The third-order valence-corrected chi connectivity index (χ3v) is 7.20. The van der Waals surface area contributed by atoms with Crippen molar-refractivity contribution < 1.29 is 50.4 Å². The molecule has 0 aromatic carbocycles. The second kappa shape index (κ2) is 13.7. The molecule has 1 fully saturated rings. The highest BCUT2D eigenvalue weighted by molar-refractivity contribution is 5.91. The number of carbonyl (C=O) groups excluding carboxylic acids is 4. The first-order valence-corrected chi connectivity index (χ1v) is 13.7. The highest BCUT2D eigenvalue weighted by Crippen LogP contribution is 2.43. The predicted octanol–water partition coefficient (Wildman–Crippen LogP) is 5.02. The molecular weight excluding hydrogens is 567 g/mol. The van der Waals surface area contributed by atoms with Crippen LogP contribution in [0.4, 0.5) is 26.7 Å². The van der Waals surface area contributed by atoms with Gasteiger partial charge in [-0.15, -0.1) is 0 Å². The van der Waals surface area contributed by atoms with E-state index in [9.17, 15) is 41.1 Å². The lowest BCUT2D eigenvalue weighted by molar-refractivity contribution is -0.785. The molecule has 0 radical (unpaired) electrons. The van der Waals surface area contributed by atoms with Crippen molar-refractivity contribution in [3.05, 3.63) is 41.5 Å². The number of halogens is 5. The Morgan fingerprint density at radius 2 is 1.76 bits per heavy atom. The summed E-state index contributed by atoms with van der Waals surface area (Å²) in [6.45, 7) is 7.92. The molecule has 1 unspecified atom stereocenters. The van der Waals surface area contributed by atoms with Crippen LogP contribution in [-0.4, -0.2) is 64.0 Å². The minimum Gasteiger partial charge on any atom is -0.422 e. The minimum atomic E-state index is -6.14. The van der Waals surface area contributed by atoms with Gasteiger partial charge in [-0.25, -0.2) is 9.59 Å². The summed E-state index contributed by atoms with van der Waals surface area (Å²) in [7, 11) is 0. The summed E-state index contributed by atoms with van der Waals surface area (Å²) < 4.78 is 72.6. The van der Waals surface area contributed by atoms with E-state index >= 15 is 0 Å². The third-order valence-electron chi connectivity index (χ3n) is 7.20. The highest BCUT2D eigenvalue weighted by atomic mass is 19.4. The van der Waals surface area contributed by atoms with E-state index in [1.54, 1.807) is 45.3 Å². The number of pyridine rings is 1. The van der Waals surface area contributed by atoms with Crippen molar-refractivity contribution in [2.24, 2.45) is 11.8 Å². The highest BCUT2D eigenvalue weighted by Gasteiger charge is 2.64. The van der Waals surface area contributed by atoms with Crippen molar-refractivity contribution in [1.29, 1.82) is 0 Å². The molecule has 42 heavy (non-hydrogen) atoms. The van der Waals surface area contributed by atoms with E-state index in [1.807, 2.05) is 0 Å². The van der Waals surface area contributed by atoms with Gasteiger partial charge in [-0.1, -0.05) is 33.8 Å². The van der Waals surface area contributed by atoms with E-state index < -0.39 is 75.8 Å². The molecule has 1 aromatic heterocycles. The van der Waals surface area contributed by atoms with Crippen LogP contribution in [0.25, 0.3) is 0 Å². The zero-order chi connectivity index (χ0) is 32.0. The molecule has 1 aliphatic heterocycles. The van der Waals surface area contributed by atoms with E-state index in [4.69, 9.17) is 0 Å². The molecule has 4 amide bonds. The van der Waals surface area contributed by atoms with Gasteiger partial charge in [0, 0.05) is 38.6 Å². The third kappa shape index (κ3) is 7.69. The number of nitrogens with one attached hydrogen (secondary N) is 2. The Bertz CT molecular complexity index is 1190. The van der Waals surface area contributed by atoms with Crippen molar-refractivity contribution >= 4 is 23.8 Å². The summed E-state index contributed by atoms with van der Waals surface area (Å²) in [6, 6.07) is 0.473. The standard InChI is InChI=1S/C28H37F5N4O5/c1-16(2)22(24(42-19(6)38)27(29,30)28(31,32)33)36-26(41)37(14-8-9-18(37)5)25(40)23(17(3)4)35-21(39)12-11-20-10-7-13-34-15-20/h7,10,13,15-18,23H,8-9,11-12,14H2,1-6H3,(H-,35,36,39,41)/p+1/t18-,23+,37?/m1/s1. The van der Waals surface area contributed by atoms with Crippen LogP contribution in [0.3, 0.4) is 0 Å². The number of hydrogen-bond donors (Lipinski definition) is 2. The Kier molecular flexibility index (Phi) is 11.3. The zero-order valence-electron chi connectivity index (χ0n) is 24.5. The van der Waals surface area contributed by atoms with Gasteiger partial charge in [0.05, 0.1) is 12.2 Å². The Morgan fingerprint density at radius 3 is 2.21 bits per heavy atom. The molecule has 1 saturated heterocycles. The largest absolute Gasteiger partial charge is 0.461 e. The molecule has 2 heterocycles. The second-order valence-corrected chi connectivity index (χ2v) is 11.1. The van der Waals surface area contributed by atoms with Crippen molar-refractivity contribution in [3.63, 3.8) is 0 Å². The van der Waals surface area contributed by atoms with Gasteiger partial charge < -0.3 is 10.1 Å². The van der Waals surface area contributed by atoms with Crippen LogP contribution in [0.15, 0.2) is 36.0 Å². The lowest BCUT2D eigenvalue weighted by Crippen LogP contribution is -2.68. The summed E-state index contributed by atoms with van der Waals surface area (Å²) in [4.78, 5) is 56.3. The number of alkyl halides is 5. The van der Waals surface area contributed by atoms with E-state index in [2.05, 4.69) is 20.4 Å². The fraction of sp³-hybridized carbons (Fsp3) is 0.607. The molecule has 1 aliphatic rings. The van der Waals surface area contributed by atoms with Crippen LogP contribution in [0.5, 0.6) is 0 Å². The number of urea groups is 1. The number of likely N-dealkylation sites (tertiary alicyclic amines) is 1. The van der Waals surface area contributed by atoms with Gasteiger partial charge >= 0.3 is 30.0 Å². The van der Waals surface area contributed by atoms with Crippen LogP contribution in [-0.2, 0) is 25.5 Å². The van der Waals surface area contributed by atoms with Crippen molar-refractivity contribution in [3.8, 4) is 0 Å². The Hall–Kier alpha value is -3.42. The minimum absolute atomic E-state index is 0.0163. The number of carbonyl (C=O) groups is 4. The fourth-order valence-corrected chi connectivity index (χ4v) is 4.86. The number of rotatable bonds is 10. The van der Waals surface area contributed by atoms with Crippen molar-refractivity contribution in [1.82, 2.24) is 15.6 Å². The molecule has 0 bridgehead atoms. The second-order valence-electron chi connectivity index (χ2n) is 11.1. The predicted molar refractivity (Wildman–Crippen MR) is 141 cm³/mol. The summed E-state index contributed by atoms with van der Waals surface area (Å²) in [6.07, 6.45) is -1.87. The number of amides is 4. The van der Waals surface area contributed by atoms with Crippen LogP contribution < -0.4 is 10.6 Å². The number of nitrogens with zero attached hydrogens (tertiary/aromatic N) is 2. The summed E-state index contributed by atoms with van der Waals surface area (Å²) >= 11 is 0. The van der Waals surface area contributed by atoms with Crippen LogP contribution in [0, 0.1) is 11.8 Å². The van der Waals surface area contributed by atoms with E-state index in [-0.39, 0.29) is 13.0 Å². The maximum absolute atomic E-state index is 14.6. The molecule has 14 heteroatoms. The van der Waals surface area contributed by atoms with Gasteiger partial charge in [0.15, 0.2) is 0 Å². The maximum atomic E-state index is 14.6. The number of ether oxygens (including phenoxy) is 1. The molecule has 2 N–H and O–H groups in total. The normalized spacial score (nSPS) is 20.6. The number of esters is 1. The SMILES string of the molecule is CC(=O)OC(=C(NC(=O)[N+]1(C(=O)[C@@H](NC(=O)CCc2cccnc2)C(C)C)CCC[C@H]1C)C(C)C)C(F)(F)C(F)(F)F. The van der Waals surface area contributed by atoms with Gasteiger partial charge in [0.2, 0.25) is 11.7 Å². The summed E-state index contributed by atoms with van der Waals surface area (Å²) in [5, 5.41) is 4.78. The molecule has 1 aromatic rings. The van der Waals surface area contributed by atoms with Gasteiger partial charge in [-0.3, -0.25) is 19.9 Å². The molecule has 3 atom stereocenters. The maximum Gasteiger partial charge on any atom is 0.461 e. The smallest absolute Gasteiger partial charge is 0.422 e. The number of quaternary nitrogens is 1. The van der Waals surface area contributed by atoms with Gasteiger partial charge in [-0.05, 0) is 36.8 Å². The molecule has 2 rings (SSSR count). The van der Waals surface area contributed by atoms with Gasteiger partial charge in [0.1, 0.15) is 12.1 Å². The van der Waals surface area contributed by atoms with Crippen LogP contribution >= 0.6 is 0 Å². The quantitative estimate of drug-likeness (QED) is 0.168. The van der Waals surface area contributed by atoms with E-state index in [0.717, 1.165) is 5.56 Å². The number of hydrogen-bond acceptors (Lipinski definition) is 6. The number of aromatic nitrogens is 1. The first-order chi connectivity index (χ1) is 19.4. The van der Waals surface area contributed by atoms with Crippen molar-refractivity contribution in [2.75, 3.05) is 6.54 Å². The fourth-order valence-electron chi connectivity index (χ4n) is 4.86. The lowest BCUT2D eigenvalue weighted by Gasteiger charge is -2.37. The van der Waals surface area contributed by atoms with E-state index in [1.165, 1.54) is 13.8 Å². The van der Waals surface area contributed by atoms with Crippen molar-refractivity contribution in [2.45, 2.75) is 91.4 Å². The van der Waals surface area contributed by atoms with E-state index in [0.29, 0.717) is 26.2 Å². The average Bonchev–Trinajstić information content (AvgIpc) is 3.29. The molecule has 0 spiro atoms. The summed E-state index contributed by atoms with van der Waals surface area (Å²) in [5.74, 6) is -12.0. The molecule has 0 aliphatic carbocycles. The molecule has 0 saturated carbocycles. The average molecular weight is 606 g/mol. The molecule has 234 valence electrons. The van der Waals surface area contributed by atoms with Crippen LogP contribution in [0.1, 0.15) is 66.4 Å². The Morgan fingerprint density at radius 1 is 1.12 bits per heavy atom.